The molecule has 4 heteroatoms. The molecule has 0 atom stereocenters. The Bertz CT molecular complexity index is 328. The van der Waals surface area contributed by atoms with Crippen LogP contribution in [0.4, 0.5) is 5.82 Å². The largest absolute Gasteiger partial charge is 0.370 e. The van der Waals surface area contributed by atoms with Crippen LogP contribution >= 0.6 is 11.6 Å². The molecular weight excluding hydrogens is 234 g/mol. The molecule has 1 N–H and O–H groups in total. The predicted molar refractivity (Wildman–Crippen MR) is 73.7 cm³/mol. The van der Waals surface area contributed by atoms with E-state index in [4.69, 9.17) is 11.6 Å². The Hall–Kier alpha value is -0.830. The summed E-state index contributed by atoms with van der Waals surface area (Å²) in [6.45, 7) is 5.29. The fourth-order valence-corrected chi connectivity index (χ4v) is 1.86. The molecule has 1 aromatic heterocycles. The average Bonchev–Trinajstić information content (AvgIpc) is 2.28. The lowest BCUT2D eigenvalue weighted by Crippen LogP contribution is -2.06. The second-order valence-electron chi connectivity index (χ2n) is 4.23. The van der Waals surface area contributed by atoms with Crippen molar-refractivity contribution in [3.8, 4) is 0 Å². The van der Waals surface area contributed by atoms with Gasteiger partial charge in [0.15, 0.2) is 0 Å². The Labute approximate surface area is 109 Å². The van der Waals surface area contributed by atoms with Gasteiger partial charge in [0.2, 0.25) is 0 Å². The SMILES string of the molecule is CCCCCCNc1cc(Cl)nc(CCC)n1. The number of hydrogen-bond acceptors (Lipinski definition) is 3. The van der Waals surface area contributed by atoms with E-state index in [1.54, 1.807) is 6.07 Å². The molecule has 0 spiro atoms. The molecule has 0 amide bonds. The Balaban J connectivity index is 2.41. The lowest BCUT2D eigenvalue weighted by Gasteiger charge is -2.07. The van der Waals surface area contributed by atoms with E-state index in [-0.39, 0.29) is 0 Å². The molecule has 1 heterocycles. The van der Waals surface area contributed by atoms with Crippen molar-refractivity contribution in [1.82, 2.24) is 9.97 Å². The molecule has 0 unspecified atom stereocenters. The number of hydrogen-bond donors (Lipinski definition) is 1. The minimum Gasteiger partial charge on any atom is -0.370 e. The van der Waals surface area contributed by atoms with E-state index in [0.717, 1.165) is 31.0 Å². The Morgan fingerprint density at radius 3 is 2.65 bits per heavy atom. The van der Waals surface area contributed by atoms with Crippen LogP contribution < -0.4 is 5.32 Å². The molecule has 0 bridgehead atoms. The fourth-order valence-electron chi connectivity index (χ4n) is 1.66. The van der Waals surface area contributed by atoms with Gasteiger partial charge in [-0.05, 0) is 12.8 Å². The van der Waals surface area contributed by atoms with E-state index in [9.17, 15) is 0 Å². The van der Waals surface area contributed by atoms with Crippen molar-refractivity contribution >= 4 is 17.4 Å². The zero-order chi connectivity index (χ0) is 12.5. The second kappa shape index (κ2) is 8.29. The molecule has 1 aromatic rings. The van der Waals surface area contributed by atoms with Crippen LogP contribution in [-0.2, 0) is 6.42 Å². The summed E-state index contributed by atoms with van der Waals surface area (Å²) in [5, 5.41) is 3.83. The molecule has 0 radical (unpaired) electrons. The van der Waals surface area contributed by atoms with Gasteiger partial charge >= 0.3 is 0 Å². The molecule has 0 saturated heterocycles. The highest BCUT2D eigenvalue weighted by molar-refractivity contribution is 6.29. The number of rotatable bonds is 8. The topological polar surface area (TPSA) is 37.8 Å². The van der Waals surface area contributed by atoms with Crippen molar-refractivity contribution in [2.24, 2.45) is 0 Å². The first-order chi connectivity index (χ1) is 8.26. The average molecular weight is 256 g/mol. The maximum atomic E-state index is 5.96. The maximum absolute atomic E-state index is 5.96. The van der Waals surface area contributed by atoms with Crippen LogP contribution in [0.3, 0.4) is 0 Å². The Morgan fingerprint density at radius 2 is 1.94 bits per heavy atom. The molecule has 1 rings (SSSR count). The van der Waals surface area contributed by atoms with E-state index < -0.39 is 0 Å². The minimum absolute atomic E-state index is 0.527. The lowest BCUT2D eigenvalue weighted by molar-refractivity contribution is 0.684. The third-order valence-corrected chi connectivity index (χ3v) is 2.74. The van der Waals surface area contributed by atoms with Crippen molar-refractivity contribution in [2.45, 2.75) is 52.4 Å². The molecule has 3 nitrogen and oxygen atoms in total. The van der Waals surface area contributed by atoms with Gasteiger partial charge in [-0.2, -0.15) is 0 Å². The number of unbranched alkanes of at least 4 members (excludes halogenated alkanes) is 3. The van der Waals surface area contributed by atoms with Gasteiger partial charge in [0.25, 0.3) is 0 Å². The van der Waals surface area contributed by atoms with E-state index >= 15 is 0 Å². The van der Waals surface area contributed by atoms with Crippen LogP contribution in [0, 0.1) is 0 Å². The smallest absolute Gasteiger partial charge is 0.134 e. The monoisotopic (exact) mass is 255 g/mol. The number of nitrogens with zero attached hydrogens (tertiary/aromatic N) is 2. The van der Waals surface area contributed by atoms with Crippen LogP contribution in [0.15, 0.2) is 6.07 Å². The summed E-state index contributed by atoms with van der Waals surface area (Å²) in [5.41, 5.74) is 0. The number of nitrogens with one attached hydrogen (secondary N) is 1. The molecule has 0 aliphatic heterocycles. The second-order valence-corrected chi connectivity index (χ2v) is 4.62. The van der Waals surface area contributed by atoms with Crippen molar-refractivity contribution in [3.63, 3.8) is 0 Å². The molecule has 96 valence electrons. The molecular formula is C13H22ClN3. The molecule has 17 heavy (non-hydrogen) atoms. The van der Waals surface area contributed by atoms with E-state index in [1.165, 1.54) is 25.7 Å². The third-order valence-electron chi connectivity index (χ3n) is 2.55. The maximum Gasteiger partial charge on any atom is 0.134 e. The van der Waals surface area contributed by atoms with Gasteiger partial charge in [-0.25, -0.2) is 9.97 Å². The number of aryl methyl sites for hydroxylation is 1. The van der Waals surface area contributed by atoms with Gasteiger partial charge in [0.1, 0.15) is 16.8 Å². The van der Waals surface area contributed by atoms with Gasteiger partial charge in [-0.15, -0.1) is 0 Å². The van der Waals surface area contributed by atoms with Crippen LogP contribution in [0.2, 0.25) is 5.15 Å². The highest BCUT2D eigenvalue weighted by atomic mass is 35.5. The van der Waals surface area contributed by atoms with Crippen molar-refractivity contribution in [2.75, 3.05) is 11.9 Å². The summed E-state index contributed by atoms with van der Waals surface area (Å²) < 4.78 is 0. The van der Waals surface area contributed by atoms with Crippen molar-refractivity contribution in [1.29, 1.82) is 0 Å². The van der Waals surface area contributed by atoms with Gasteiger partial charge in [0.05, 0.1) is 0 Å². The molecule has 0 fully saturated rings. The highest BCUT2D eigenvalue weighted by Crippen LogP contribution is 2.12. The normalized spacial score (nSPS) is 10.5. The third kappa shape index (κ3) is 5.87. The van der Waals surface area contributed by atoms with Crippen LogP contribution in [0.5, 0.6) is 0 Å². The van der Waals surface area contributed by atoms with Gasteiger partial charge in [-0.3, -0.25) is 0 Å². The molecule has 0 saturated carbocycles. The minimum atomic E-state index is 0.527. The zero-order valence-electron chi connectivity index (χ0n) is 10.8. The summed E-state index contributed by atoms with van der Waals surface area (Å²) in [7, 11) is 0. The summed E-state index contributed by atoms with van der Waals surface area (Å²) in [4.78, 5) is 8.63. The fraction of sp³-hybridized carbons (Fsp3) is 0.692. The first-order valence-electron chi connectivity index (χ1n) is 6.53. The first kappa shape index (κ1) is 14.2. The molecule has 0 aliphatic rings. The van der Waals surface area contributed by atoms with Crippen LogP contribution in [-0.4, -0.2) is 16.5 Å². The van der Waals surface area contributed by atoms with E-state index in [1.807, 2.05) is 0 Å². The van der Waals surface area contributed by atoms with Crippen LogP contribution in [0.1, 0.15) is 51.8 Å². The summed E-state index contributed by atoms with van der Waals surface area (Å²) >= 11 is 5.96. The highest BCUT2D eigenvalue weighted by Gasteiger charge is 2.02. The Morgan fingerprint density at radius 1 is 1.12 bits per heavy atom. The summed E-state index contributed by atoms with van der Waals surface area (Å²) in [5.74, 6) is 1.68. The molecule has 0 aromatic carbocycles. The van der Waals surface area contributed by atoms with E-state index in [0.29, 0.717) is 5.15 Å². The Kier molecular flexibility index (Phi) is 6.94. The first-order valence-corrected chi connectivity index (χ1v) is 6.91. The summed E-state index contributed by atoms with van der Waals surface area (Å²) in [6.07, 6.45) is 6.93. The van der Waals surface area contributed by atoms with Crippen molar-refractivity contribution < 1.29 is 0 Å². The zero-order valence-corrected chi connectivity index (χ0v) is 11.6. The standard InChI is InChI=1S/C13H22ClN3/c1-3-5-6-7-9-15-13-10-11(14)16-12(17-13)8-4-2/h10H,3-9H2,1-2H3,(H,15,16,17). The predicted octanol–water partition coefficient (Wildman–Crippen LogP) is 4.07. The lowest BCUT2D eigenvalue weighted by atomic mass is 10.2. The number of halogens is 1. The van der Waals surface area contributed by atoms with Crippen molar-refractivity contribution in [3.05, 3.63) is 17.0 Å². The number of aromatic nitrogens is 2. The summed E-state index contributed by atoms with van der Waals surface area (Å²) in [6, 6.07) is 1.79. The number of anilines is 1. The molecule has 0 aliphatic carbocycles. The van der Waals surface area contributed by atoms with E-state index in [2.05, 4.69) is 29.1 Å². The quantitative estimate of drug-likeness (QED) is 0.562. The van der Waals surface area contributed by atoms with Gasteiger partial charge in [-0.1, -0.05) is 44.7 Å². The van der Waals surface area contributed by atoms with Gasteiger partial charge in [0, 0.05) is 19.0 Å². The van der Waals surface area contributed by atoms with Gasteiger partial charge < -0.3 is 5.32 Å². The van der Waals surface area contributed by atoms with Crippen LogP contribution in [0.25, 0.3) is 0 Å².